The monoisotopic (exact) mass is 329 g/mol. The van der Waals surface area contributed by atoms with Crippen LogP contribution in [0.15, 0.2) is 42.5 Å². The van der Waals surface area contributed by atoms with Gasteiger partial charge < -0.3 is 10.5 Å². The minimum atomic E-state index is -4.77. The number of rotatable bonds is 3. The summed E-state index contributed by atoms with van der Waals surface area (Å²) >= 11 is 0. The molecule has 1 atom stereocenters. The quantitative estimate of drug-likeness (QED) is 0.853. The highest BCUT2D eigenvalue weighted by Gasteiger charge is 2.43. The number of halogens is 5. The van der Waals surface area contributed by atoms with Crippen LogP contribution in [0.5, 0.6) is 5.75 Å². The second-order valence-corrected chi connectivity index (χ2v) is 5.39. The van der Waals surface area contributed by atoms with Crippen LogP contribution in [0, 0.1) is 0 Å². The molecule has 3 rings (SSSR count). The predicted molar refractivity (Wildman–Crippen MR) is 73.2 cm³/mol. The smallest absolute Gasteiger partial charge is 0.406 e. The SMILES string of the molecule is NC(c1ccc(OC(F)(F)F)cc1)c1ccc2c(c1)C(F)(F)C2. The minimum Gasteiger partial charge on any atom is -0.406 e. The van der Waals surface area contributed by atoms with Crippen molar-refractivity contribution in [1.29, 1.82) is 0 Å². The highest BCUT2D eigenvalue weighted by molar-refractivity contribution is 5.46. The van der Waals surface area contributed by atoms with Gasteiger partial charge in [-0.05, 0) is 34.9 Å². The highest BCUT2D eigenvalue weighted by atomic mass is 19.4. The normalized spacial score (nSPS) is 17.1. The van der Waals surface area contributed by atoms with Crippen molar-refractivity contribution in [2.45, 2.75) is 24.7 Å². The van der Waals surface area contributed by atoms with Crippen LogP contribution in [0.2, 0.25) is 0 Å². The van der Waals surface area contributed by atoms with Crippen LogP contribution in [-0.2, 0) is 12.3 Å². The average Bonchev–Trinajstić information content (AvgIpc) is 2.45. The Balaban J connectivity index is 1.81. The first-order chi connectivity index (χ1) is 10.7. The lowest BCUT2D eigenvalue weighted by Crippen LogP contribution is -2.30. The van der Waals surface area contributed by atoms with Crippen LogP contribution in [-0.4, -0.2) is 6.36 Å². The molecule has 1 aliphatic carbocycles. The third-order valence-electron chi connectivity index (χ3n) is 3.77. The Morgan fingerprint density at radius 1 is 1.00 bits per heavy atom. The van der Waals surface area contributed by atoms with Crippen molar-refractivity contribution in [1.82, 2.24) is 0 Å². The maximum absolute atomic E-state index is 13.4. The number of fused-ring (bicyclic) bond motifs is 1. The van der Waals surface area contributed by atoms with Gasteiger partial charge in [0.05, 0.1) is 6.04 Å². The molecule has 0 aromatic heterocycles. The number of alkyl halides is 5. The van der Waals surface area contributed by atoms with E-state index < -0.39 is 18.3 Å². The molecule has 2 aromatic rings. The van der Waals surface area contributed by atoms with Crippen LogP contribution in [0.3, 0.4) is 0 Å². The molecule has 0 bridgehead atoms. The number of hydrogen-bond donors (Lipinski definition) is 1. The molecule has 0 spiro atoms. The van der Waals surface area contributed by atoms with Crippen LogP contribution < -0.4 is 10.5 Å². The molecule has 0 heterocycles. The molecule has 122 valence electrons. The fourth-order valence-corrected chi connectivity index (χ4v) is 2.58. The third-order valence-corrected chi connectivity index (χ3v) is 3.77. The van der Waals surface area contributed by atoms with Crippen molar-refractivity contribution < 1.29 is 26.7 Å². The van der Waals surface area contributed by atoms with Gasteiger partial charge in [0.1, 0.15) is 5.75 Å². The van der Waals surface area contributed by atoms with E-state index in [-0.39, 0.29) is 17.7 Å². The van der Waals surface area contributed by atoms with Gasteiger partial charge in [0.25, 0.3) is 5.92 Å². The van der Waals surface area contributed by atoms with E-state index in [0.29, 0.717) is 16.7 Å². The lowest BCUT2D eigenvalue weighted by atomic mass is 9.82. The molecule has 2 N–H and O–H groups in total. The van der Waals surface area contributed by atoms with Gasteiger partial charge in [-0.2, -0.15) is 0 Å². The predicted octanol–water partition coefficient (Wildman–Crippen LogP) is 4.28. The van der Waals surface area contributed by atoms with E-state index in [9.17, 15) is 22.0 Å². The lowest BCUT2D eigenvalue weighted by molar-refractivity contribution is -0.274. The Morgan fingerprint density at radius 2 is 1.61 bits per heavy atom. The Morgan fingerprint density at radius 3 is 2.17 bits per heavy atom. The zero-order chi connectivity index (χ0) is 16.8. The van der Waals surface area contributed by atoms with Crippen molar-refractivity contribution in [3.05, 3.63) is 64.7 Å². The summed E-state index contributed by atoms with van der Waals surface area (Å²) in [5.41, 5.74) is 7.54. The molecule has 1 unspecified atom stereocenters. The second-order valence-electron chi connectivity index (χ2n) is 5.39. The van der Waals surface area contributed by atoms with Crippen LogP contribution >= 0.6 is 0 Å². The molecule has 2 aromatic carbocycles. The zero-order valence-corrected chi connectivity index (χ0v) is 11.7. The summed E-state index contributed by atoms with van der Waals surface area (Å²) in [7, 11) is 0. The maximum atomic E-state index is 13.4. The van der Waals surface area contributed by atoms with Crippen LogP contribution in [0.1, 0.15) is 28.3 Å². The molecular weight excluding hydrogens is 317 g/mol. The molecule has 0 fully saturated rings. The van der Waals surface area contributed by atoms with Gasteiger partial charge in [-0.25, -0.2) is 8.78 Å². The molecule has 0 saturated carbocycles. The van der Waals surface area contributed by atoms with E-state index in [1.165, 1.54) is 18.2 Å². The largest absolute Gasteiger partial charge is 0.573 e. The van der Waals surface area contributed by atoms with Gasteiger partial charge in [-0.1, -0.05) is 24.3 Å². The minimum absolute atomic E-state index is 0.0394. The first kappa shape index (κ1) is 15.7. The van der Waals surface area contributed by atoms with Crippen molar-refractivity contribution in [3.63, 3.8) is 0 Å². The Labute approximate surface area is 128 Å². The van der Waals surface area contributed by atoms with E-state index in [4.69, 9.17) is 5.73 Å². The molecule has 0 saturated heterocycles. The molecule has 1 aliphatic rings. The summed E-state index contributed by atoms with van der Waals surface area (Å²) < 4.78 is 66.9. The maximum Gasteiger partial charge on any atom is 0.573 e. The first-order valence-electron chi connectivity index (χ1n) is 6.78. The zero-order valence-electron chi connectivity index (χ0n) is 11.7. The first-order valence-corrected chi connectivity index (χ1v) is 6.78. The summed E-state index contributed by atoms with van der Waals surface area (Å²) in [5.74, 6) is -3.20. The number of nitrogens with two attached hydrogens (primary N) is 1. The molecular formula is C16H12F5NO. The number of ether oxygens (including phenoxy) is 1. The fraction of sp³-hybridized carbons (Fsp3) is 0.250. The summed E-state index contributed by atoms with van der Waals surface area (Å²) in [6, 6.07) is 8.92. The van der Waals surface area contributed by atoms with Crippen molar-refractivity contribution in [3.8, 4) is 5.75 Å². The van der Waals surface area contributed by atoms with Crippen LogP contribution in [0.4, 0.5) is 22.0 Å². The fourth-order valence-electron chi connectivity index (χ4n) is 2.58. The van der Waals surface area contributed by atoms with E-state index in [2.05, 4.69) is 4.74 Å². The van der Waals surface area contributed by atoms with Crippen molar-refractivity contribution in [2.75, 3.05) is 0 Å². The van der Waals surface area contributed by atoms with E-state index in [0.717, 1.165) is 12.1 Å². The van der Waals surface area contributed by atoms with Crippen LogP contribution in [0.25, 0.3) is 0 Å². The molecule has 7 heteroatoms. The topological polar surface area (TPSA) is 35.2 Å². The lowest BCUT2D eigenvalue weighted by Gasteiger charge is -2.30. The Bertz CT molecular complexity index is 724. The molecule has 0 aliphatic heterocycles. The summed E-state index contributed by atoms with van der Waals surface area (Å²) in [5, 5.41) is 0. The Hall–Kier alpha value is -2.15. The number of hydrogen-bond acceptors (Lipinski definition) is 2. The Kier molecular flexibility index (Phi) is 3.55. The molecule has 2 nitrogen and oxygen atoms in total. The van der Waals surface area contributed by atoms with E-state index in [1.807, 2.05) is 0 Å². The summed E-state index contributed by atoms with van der Waals surface area (Å²) in [6.07, 6.45) is -5.04. The average molecular weight is 329 g/mol. The third kappa shape index (κ3) is 3.14. The van der Waals surface area contributed by atoms with E-state index in [1.54, 1.807) is 12.1 Å². The van der Waals surface area contributed by atoms with Gasteiger partial charge in [0.15, 0.2) is 0 Å². The van der Waals surface area contributed by atoms with Gasteiger partial charge in [0, 0.05) is 12.0 Å². The summed E-state index contributed by atoms with van der Waals surface area (Å²) in [4.78, 5) is 0. The van der Waals surface area contributed by atoms with Gasteiger partial charge in [-0.3, -0.25) is 0 Å². The van der Waals surface area contributed by atoms with E-state index >= 15 is 0 Å². The summed E-state index contributed by atoms with van der Waals surface area (Å²) in [6.45, 7) is 0. The molecule has 0 amide bonds. The van der Waals surface area contributed by atoms with Gasteiger partial charge >= 0.3 is 6.36 Å². The van der Waals surface area contributed by atoms with Crippen molar-refractivity contribution >= 4 is 0 Å². The standard InChI is InChI=1S/C16H12F5NO/c17-15(18)8-11-2-1-10(7-13(11)15)14(22)9-3-5-12(6-4-9)23-16(19,20)21/h1-7,14H,8,22H2. The van der Waals surface area contributed by atoms with Crippen molar-refractivity contribution in [2.24, 2.45) is 5.73 Å². The second kappa shape index (κ2) is 5.19. The number of benzene rings is 2. The molecule has 23 heavy (non-hydrogen) atoms. The molecule has 0 radical (unpaired) electrons. The van der Waals surface area contributed by atoms with Gasteiger partial charge in [-0.15, -0.1) is 13.2 Å². The van der Waals surface area contributed by atoms with Gasteiger partial charge in [0.2, 0.25) is 0 Å². The highest BCUT2D eigenvalue weighted by Crippen LogP contribution is 2.44.